The third kappa shape index (κ3) is 2.84. The minimum absolute atomic E-state index is 0.592. The van der Waals surface area contributed by atoms with Crippen molar-refractivity contribution < 1.29 is 0 Å². The SMILES string of the molecule is CCc1cc(NC2CCSC2)nc(C)n1. The van der Waals surface area contributed by atoms with Gasteiger partial charge in [-0.2, -0.15) is 11.8 Å². The van der Waals surface area contributed by atoms with E-state index in [-0.39, 0.29) is 0 Å². The van der Waals surface area contributed by atoms with E-state index in [9.17, 15) is 0 Å². The number of nitrogens with zero attached hydrogens (tertiary/aromatic N) is 2. The molecule has 4 heteroatoms. The van der Waals surface area contributed by atoms with Crippen molar-refractivity contribution in [3.63, 3.8) is 0 Å². The lowest BCUT2D eigenvalue weighted by Gasteiger charge is -2.12. The second kappa shape index (κ2) is 4.84. The summed E-state index contributed by atoms with van der Waals surface area (Å²) in [7, 11) is 0. The summed E-state index contributed by atoms with van der Waals surface area (Å²) in [6.07, 6.45) is 2.21. The first kappa shape index (κ1) is 10.7. The molecule has 1 N–H and O–H groups in total. The number of hydrogen-bond donors (Lipinski definition) is 1. The van der Waals surface area contributed by atoms with Gasteiger partial charge in [0.2, 0.25) is 0 Å². The summed E-state index contributed by atoms with van der Waals surface area (Å²) in [6.45, 7) is 4.07. The summed E-state index contributed by atoms with van der Waals surface area (Å²) >= 11 is 2.01. The standard InChI is InChI=1S/C11H17N3S/c1-3-9-6-11(13-8(2)12-9)14-10-4-5-15-7-10/h6,10H,3-5,7H2,1-2H3,(H,12,13,14). The summed E-state index contributed by atoms with van der Waals surface area (Å²) in [5.74, 6) is 4.32. The first-order valence-corrected chi connectivity index (χ1v) is 6.62. The van der Waals surface area contributed by atoms with E-state index in [0.29, 0.717) is 6.04 Å². The van der Waals surface area contributed by atoms with E-state index in [2.05, 4.69) is 28.3 Å². The molecular formula is C11H17N3S. The van der Waals surface area contributed by atoms with Gasteiger partial charge in [0.1, 0.15) is 11.6 Å². The molecule has 0 aliphatic carbocycles. The Labute approximate surface area is 95.1 Å². The third-order valence-electron chi connectivity index (χ3n) is 2.53. The quantitative estimate of drug-likeness (QED) is 0.853. The number of anilines is 1. The summed E-state index contributed by atoms with van der Waals surface area (Å²) in [4.78, 5) is 8.78. The summed E-state index contributed by atoms with van der Waals surface area (Å²) in [6, 6.07) is 2.66. The number of aryl methyl sites for hydroxylation is 2. The molecule has 2 rings (SSSR count). The Morgan fingerprint density at radius 3 is 3.07 bits per heavy atom. The molecule has 0 saturated carbocycles. The molecule has 3 nitrogen and oxygen atoms in total. The maximum Gasteiger partial charge on any atom is 0.130 e. The van der Waals surface area contributed by atoms with Gasteiger partial charge in [0.15, 0.2) is 0 Å². The van der Waals surface area contributed by atoms with Gasteiger partial charge in [-0.25, -0.2) is 9.97 Å². The van der Waals surface area contributed by atoms with Gasteiger partial charge in [-0.15, -0.1) is 0 Å². The monoisotopic (exact) mass is 223 g/mol. The molecule has 0 amide bonds. The lowest BCUT2D eigenvalue weighted by molar-refractivity contribution is 0.800. The second-order valence-corrected chi connectivity index (χ2v) is 5.00. The highest BCUT2D eigenvalue weighted by Gasteiger charge is 2.15. The fourth-order valence-electron chi connectivity index (χ4n) is 1.74. The van der Waals surface area contributed by atoms with Crippen molar-refractivity contribution in [3.05, 3.63) is 17.6 Å². The van der Waals surface area contributed by atoms with E-state index in [1.165, 1.54) is 17.9 Å². The molecule has 1 aromatic heterocycles. The zero-order valence-electron chi connectivity index (χ0n) is 9.29. The van der Waals surface area contributed by atoms with Crippen molar-refractivity contribution >= 4 is 17.6 Å². The predicted octanol–water partition coefficient (Wildman–Crippen LogP) is 2.26. The number of rotatable bonds is 3. The number of aromatic nitrogens is 2. The van der Waals surface area contributed by atoms with Crippen LogP contribution in [0, 0.1) is 6.92 Å². The van der Waals surface area contributed by atoms with Crippen LogP contribution in [0.5, 0.6) is 0 Å². The molecule has 1 atom stereocenters. The molecule has 1 aliphatic heterocycles. The van der Waals surface area contributed by atoms with Crippen LogP contribution >= 0.6 is 11.8 Å². The fourth-order valence-corrected chi connectivity index (χ4v) is 2.89. The molecule has 2 heterocycles. The first-order valence-electron chi connectivity index (χ1n) is 5.46. The zero-order chi connectivity index (χ0) is 10.7. The first-order chi connectivity index (χ1) is 7.28. The van der Waals surface area contributed by atoms with Gasteiger partial charge in [-0.05, 0) is 25.5 Å². The fraction of sp³-hybridized carbons (Fsp3) is 0.636. The Kier molecular flexibility index (Phi) is 3.46. The van der Waals surface area contributed by atoms with Gasteiger partial charge < -0.3 is 5.32 Å². The lowest BCUT2D eigenvalue weighted by atomic mass is 10.2. The molecule has 15 heavy (non-hydrogen) atoms. The largest absolute Gasteiger partial charge is 0.366 e. The molecule has 0 aromatic carbocycles. The van der Waals surface area contributed by atoms with Crippen LogP contribution in [0.15, 0.2) is 6.07 Å². The van der Waals surface area contributed by atoms with E-state index >= 15 is 0 Å². The van der Waals surface area contributed by atoms with Crippen LogP contribution in [-0.4, -0.2) is 27.5 Å². The molecule has 1 fully saturated rings. The van der Waals surface area contributed by atoms with Gasteiger partial charge in [0.25, 0.3) is 0 Å². The van der Waals surface area contributed by atoms with Gasteiger partial charge in [0, 0.05) is 23.6 Å². The van der Waals surface area contributed by atoms with Gasteiger partial charge in [-0.1, -0.05) is 6.92 Å². The van der Waals surface area contributed by atoms with Crippen LogP contribution in [0.25, 0.3) is 0 Å². The van der Waals surface area contributed by atoms with Gasteiger partial charge in [-0.3, -0.25) is 0 Å². The van der Waals surface area contributed by atoms with Crippen molar-refractivity contribution in [3.8, 4) is 0 Å². The van der Waals surface area contributed by atoms with Crippen molar-refractivity contribution in [2.45, 2.75) is 32.7 Å². The topological polar surface area (TPSA) is 37.8 Å². The molecule has 0 spiro atoms. The molecule has 1 unspecified atom stereocenters. The average molecular weight is 223 g/mol. The van der Waals surface area contributed by atoms with Gasteiger partial charge in [0.05, 0.1) is 0 Å². The van der Waals surface area contributed by atoms with E-state index in [0.717, 1.165) is 23.8 Å². The van der Waals surface area contributed by atoms with E-state index in [4.69, 9.17) is 0 Å². The molecule has 0 bridgehead atoms. The predicted molar refractivity (Wildman–Crippen MR) is 65.5 cm³/mol. The summed E-state index contributed by atoms with van der Waals surface area (Å²) in [5, 5.41) is 3.48. The minimum Gasteiger partial charge on any atom is -0.366 e. The Bertz CT molecular complexity index is 335. The smallest absolute Gasteiger partial charge is 0.130 e. The molecular weight excluding hydrogens is 206 g/mol. The Hall–Kier alpha value is -0.770. The van der Waals surface area contributed by atoms with Crippen molar-refractivity contribution in [2.24, 2.45) is 0 Å². The van der Waals surface area contributed by atoms with E-state index < -0.39 is 0 Å². The lowest BCUT2D eigenvalue weighted by Crippen LogP contribution is -2.19. The normalized spacial score (nSPS) is 20.5. The van der Waals surface area contributed by atoms with Crippen molar-refractivity contribution in [1.82, 2.24) is 9.97 Å². The van der Waals surface area contributed by atoms with Crippen LogP contribution in [0.1, 0.15) is 24.9 Å². The van der Waals surface area contributed by atoms with E-state index in [1.807, 2.05) is 18.7 Å². The van der Waals surface area contributed by atoms with Crippen LogP contribution in [0.3, 0.4) is 0 Å². The Balaban J connectivity index is 2.09. The molecule has 1 aliphatic rings. The molecule has 1 aromatic rings. The number of nitrogens with one attached hydrogen (secondary N) is 1. The third-order valence-corrected chi connectivity index (χ3v) is 3.70. The summed E-state index contributed by atoms with van der Waals surface area (Å²) in [5.41, 5.74) is 1.12. The van der Waals surface area contributed by atoms with Crippen LogP contribution < -0.4 is 5.32 Å². The van der Waals surface area contributed by atoms with Crippen LogP contribution in [-0.2, 0) is 6.42 Å². The highest BCUT2D eigenvalue weighted by atomic mass is 32.2. The minimum atomic E-state index is 0.592. The van der Waals surface area contributed by atoms with Crippen LogP contribution in [0.4, 0.5) is 5.82 Å². The molecule has 1 saturated heterocycles. The van der Waals surface area contributed by atoms with E-state index in [1.54, 1.807) is 0 Å². The van der Waals surface area contributed by atoms with Crippen molar-refractivity contribution in [1.29, 1.82) is 0 Å². The Morgan fingerprint density at radius 2 is 2.40 bits per heavy atom. The second-order valence-electron chi connectivity index (χ2n) is 3.85. The maximum absolute atomic E-state index is 4.41. The Morgan fingerprint density at radius 1 is 1.53 bits per heavy atom. The number of hydrogen-bond acceptors (Lipinski definition) is 4. The summed E-state index contributed by atoms with van der Waals surface area (Å²) < 4.78 is 0. The van der Waals surface area contributed by atoms with Crippen molar-refractivity contribution in [2.75, 3.05) is 16.8 Å². The maximum atomic E-state index is 4.41. The zero-order valence-corrected chi connectivity index (χ0v) is 10.1. The highest BCUT2D eigenvalue weighted by Crippen LogP contribution is 2.20. The van der Waals surface area contributed by atoms with Gasteiger partial charge >= 0.3 is 0 Å². The average Bonchev–Trinajstić information content (AvgIpc) is 2.69. The van der Waals surface area contributed by atoms with Crippen LogP contribution in [0.2, 0.25) is 0 Å². The highest BCUT2D eigenvalue weighted by molar-refractivity contribution is 7.99. The molecule has 0 radical (unpaired) electrons. The number of thioether (sulfide) groups is 1. The molecule has 82 valence electrons.